The van der Waals surface area contributed by atoms with Gasteiger partial charge in [0.25, 0.3) is 5.91 Å². The Morgan fingerprint density at radius 2 is 1.86 bits per heavy atom. The van der Waals surface area contributed by atoms with E-state index in [1.165, 1.54) is 42.7 Å². The van der Waals surface area contributed by atoms with E-state index in [0.29, 0.717) is 0 Å². The van der Waals surface area contributed by atoms with Crippen molar-refractivity contribution in [3.63, 3.8) is 0 Å². The summed E-state index contributed by atoms with van der Waals surface area (Å²) >= 11 is 5.86. The van der Waals surface area contributed by atoms with Crippen molar-refractivity contribution in [1.29, 1.82) is 0 Å². The number of anilines is 1. The van der Waals surface area contributed by atoms with Crippen LogP contribution in [0.5, 0.6) is 5.75 Å². The van der Waals surface area contributed by atoms with E-state index < -0.39 is 28.1 Å². The van der Waals surface area contributed by atoms with Crippen LogP contribution in [0.2, 0.25) is 5.02 Å². The minimum Gasteiger partial charge on any atom is -0.459 e. The Hall–Kier alpha value is -2.91. The second-order valence-corrected chi connectivity index (χ2v) is 8.22. The third-order valence-electron chi connectivity index (χ3n) is 3.81. The van der Waals surface area contributed by atoms with Crippen molar-refractivity contribution in [2.24, 2.45) is 0 Å². The first-order valence-corrected chi connectivity index (χ1v) is 10.2. The normalized spacial score (nSPS) is 11.4. The molecular weight excluding hydrogens is 428 g/mol. The van der Waals surface area contributed by atoms with Gasteiger partial charge in [-0.25, -0.2) is 8.42 Å². The van der Waals surface area contributed by atoms with E-state index in [1.54, 1.807) is 18.2 Å². The number of sulfone groups is 1. The third kappa shape index (κ3) is 5.12. The largest absolute Gasteiger partial charge is 0.459 e. The van der Waals surface area contributed by atoms with E-state index in [9.17, 15) is 22.0 Å². The van der Waals surface area contributed by atoms with E-state index in [-0.39, 0.29) is 32.7 Å². The van der Waals surface area contributed by atoms with Crippen LogP contribution in [-0.4, -0.2) is 20.9 Å². The molecule has 3 rings (SSSR count). The zero-order chi connectivity index (χ0) is 21.0. The lowest BCUT2D eigenvalue weighted by Crippen LogP contribution is -2.15. The van der Waals surface area contributed by atoms with Crippen molar-refractivity contribution in [3.8, 4) is 5.75 Å². The van der Waals surface area contributed by atoms with Crippen molar-refractivity contribution < 1.29 is 31.1 Å². The molecule has 152 valence electrons. The second kappa shape index (κ2) is 8.62. The molecule has 29 heavy (non-hydrogen) atoms. The van der Waals surface area contributed by atoms with Gasteiger partial charge in [0.05, 0.1) is 21.9 Å². The molecule has 0 unspecified atom stereocenters. The number of hydrogen-bond acceptors (Lipinski definition) is 5. The van der Waals surface area contributed by atoms with Gasteiger partial charge in [-0.2, -0.15) is 8.78 Å². The number of halogens is 3. The number of benzene rings is 2. The van der Waals surface area contributed by atoms with Gasteiger partial charge < -0.3 is 14.5 Å². The maximum absolute atomic E-state index is 12.5. The van der Waals surface area contributed by atoms with Crippen molar-refractivity contribution in [3.05, 3.63) is 77.2 Å². The Morgan fingerprint density at radius 3 is 2.52 bits per heavy atom. The number of rotatable bonds is 7. The molecule has 0 spiro atoms. The molecule has 10 heteroatoms. The summed E-state index contributed by atoms with van der Waals surface area (Å²) in [5.74, 6) is -1.58. The van der Waals surface area contributed by atoms with Gasteiger partial charge in [0.15, 0.2) is 15.6 Å². The Labute approximate surface area is 170 Å². The lowest BCUT2D eigenvalue weighted by molar-refractivity contribution is -0.0497. The van der Waals surface area contributed by atoms with Gasteiger partial charge in [-0.3, -0.25) is 4.79 Å². The van der Waals surface area contributed by atoms with Gasteiger partial charge in [0.1, 0.15) is 5.75 Å². The maximum Gasteiger partial charge on any atom is 0.387 e. The van der Waals surface area contributed by atoms with Crippen LogP contribution in [0.15, 0.2) is 70.2 Å². The van der Waals surface area contributed by atoms with Gasteiger partial charge in [0, 0.05) is 11.3 Å². The zero-order valence-electron chi connectivity index (χ0n) is 14.6. The van der Waals surface area contributed by atoms with Gasteiger partial charge in [-0.05, 0) is 36.4 Å². The lowest BCUT2D eigenvalue weighted by Gasteiger charge is -2.10. The van der Waals surface area contributed by atoms with Crippen LogP contribution < -0.4 is 10.1 Å². The highest BCUT2D eigenvalue weighted by Crippen LogP contribution is 2.29. The molecule has 0 fully saturated rings. The predicted octanol–water partition coefficient (Wildman–Crippen LogP) is 4.76. The molecule has 1 N–H and O–H groups in total. The molecule has 3 aromatic rings. The summed E-state index contributed by atoms with van der Waals surface area (Å²) in [6, 6.07) is 12.9. The Bertz CT molecular complexity index is 1120. The average Bonchev–Trinajstić information content (AvgIpc) is 3.12. The number of hydrogen-bond donors (Lipinski definition) is 1. The fraction of sp³-hybridized carbons (Fsp3) is 0.105. The topological polar surface area (TPSA) is 85.6 Å². The van der Waals surface area contributed by atoms with Gasteiger partial charge >= 0.3 is 6.61 Å². The average molecular weight is 442 g/mol. The summed E-state index contributed by atoms with van der Waals surface area (Å²) < 4.78 is 59.0. The van der Waals surface area contributed by atoms with Crippen LogP contribution in [0.3, 0.4) is 0 Å². The standard InChI is InChI=1S/C19H14ClF2NO5S/c20-15-10-13(6-7-16(15)28-19(21)22)23-18(24)17-12(8-9-27-17)11-29(25,26)14-4-2-1-3-5-14/h1-10,19H,11H2,(H,23,24). The van der Waals surface area contributed by atoms with Crippen LogP contribution in [0.4, 0.5) is 14.5 Å². The number of carbonyl (C=O) groups excluding carboxylic acids is 1. The van der Waals surface area contributed by atoms with E-state index >= 15 is 0 Å². The molecule has 0 saturated heterocycles. The number of amides is 1. The van der Waals surface area contributed by atoms with Crippen molar-refractivity contribution in [2.75, 3.05) is 5.32 Å². The molecule has 2 aromatic carbocycles. The Morgan fingerprint density at radius 1 is 1.14 bits per heavy atom. The second-order valence-electron chi connectivity index (χ2n) is 5.82. The predicted molar refractivity (Wildman–Crippen MR) is 102 cm³/mol. The summed E-state index contributed by atoms with van der Waals surface area (Å²) in [7, 11) is -3.68. The number of alkyl halides is 2. The lowest BCUT2D eigenvalue weighted by atomic mass is 10.2. The molecule has 0 saturated carbocycles. The molecule has 0 bridgehead atoms. The van der Waals surface area contributed by atoms with E-state index in [2.05, 4.69) is 10.1 Å². The monoisotopic (exact) mass is 441 g/mol. The summed E-state index contributed by atoms with van der Waals surface area (Å²) in [6.45, 7) is -3.04. The molecule has 1 heterocycles. The highest BCUT2D eigenvalue weighted by atomic mass is 35.5. The van der Waals surface area contributed by atoms with Gasteiger partial charge in [0.2, 0.25) is 0 Å². The van der Waals surface area contributed by atoms with Crippen LogP contribution in [0, 0.1) is 0 Å². The molecule has 0 aliphatic carbocycles. The summed E-state index contributed by atoms with van der Waals surface area (Å²) in [6.07, 6.45) is 1.21. The minimum absolute atomic E-state index is 0.119. The molecule has 0 atom stereocenters. The van der Waals surface area contributed by atoms with E-state index in [4.69, 9.17) is 16.0 Å². The SMILES string of the molecule is O=C(Nc1ccc(OC(F)F)c(Cl)c1)c1occc1CS(=O)(=O)c1ccccc1. The van der Waals surface area contributed by atoms with Gasteiger partial charge in [-0.1, -0.05) is 29.8 Å². The van der Waals surface area contributed by atoms with E-state index in [1.807, 2.05) is 0 Å². The number of ether oxygens (including phenoxy) is 1. The van der Waals surface area contributed by atoms with Crippen molar-refractivity contribution in [2.45, 2.75) is 17.3 Å². The minimum atomic E-state index is -3.68. The first-order valence-electron chi connectivity index (χ1n) is 8.16. The molecular formula is C19H14ClF2NO5S. The first kappa shape index (κ1) is 20.8. The van der Waals surface area contributed by atoms with Crippen LogP contribution in [0.1, 0.15) is 16.1 Å². The molecule has 6 nitrogen and oxygen atoms in total. The summed E-state index contributed by atoms with van der Waals surface area (Å²) in [4.78, 5) is 12.6. The summed E-state index contributed by atoms with van der Waals surface area (Å²) in [5.41, 5.74) is 0.366. The van der Waals surface area contributed by atoms with E-state index in [0.717, 1.165) is 0 Å². The van der Waals surface area contributed by atoms with Crippen LogP contribution in [-0.2, 0) is 15.6 Å². The van der Waals surface area contributed by atoms with Crippen LogP contribution in [0.25, 0.3) is 0 Å². The maximum atomic E-state index is 12.5. The van der Waals surface area contributed by atoms with Gasteiger partial charge in [-0.15, -0.1) is 0 Å². The number of furan rings is 1. The smallest absolute Gasteiger partial charge is 0.387 e. The highest BCUT2D eigenvalue weighted by molar-refractivity contribution is 7.90. The molecule has 0 aliphatic heterocycles. The molecule has 1 amide bonds. The molecule has 0 aliphatic rings. The fourth-order valence-corrected chi connectivity index (χ4v) is 4.12. The molecule has 1 aromatic heterocycles. The number of nitrogens with one attached hydrogen (secondary N) is 1. The zero-order valence-corrected chi connectivity index (χ0v) is 16.2. The summed E-state index contributed by atoms with van der Waals surface area (Å²) in [5, 5.41) is 2.35. The van der Waals surface area contributed by atoms with Crippen molar-refractivity contribution >= 4 is 33.0 Å². The number of carbonyl (C=O) groups is 1. The third-order valence-corrected chi connectivity index (χ3v) is 5.78. The van der Waals surface area contributed by atoms with Crippen LogP contribution >= 0.6 is 11.6 Å². The Kier molecular flexibility index (Phi) is 6.19. The van der Waals surface area contributed by atoms with Crippen molar-refractivity contribution in [1.82, 2.24) is 0 Å². The fourth-order valence-electron chi connectivity index (χ4n) is 2.52. The molecule has 0 radical (unpaired) electrons. The first-order chi connectivity index (χ1) is 13.8. The highest BCUT2D eigenvalue weighted by Gasteiger charge is 2.23. The Balaban J connectivity index is 1.77. The quantitative estimate of drug-likeness (QED) is 0.571.